The first-order valence-corrected chi connectivity index (χ1v) is 13.4. The van der Waals surface area contributed by atoms with Crippen LogP contribution in [0.3, 0.4) is 0 Å². The summed E-state index contributed by atoms with van der Waals surface area (Å²) in [6.45, 7) is 0.899. The van der Waals surface area contributed by atoms with Crippen LogP contribution < -0.4 is 11.1 Å². The van der Waals surface area contributed by atoms with Crippen molar-refractivity contribution in [1.29, 1.82) is 5.26 Å². The number of thiocyanates is 1. The lowest BCUT2D eigenvalue weighted by molar-refractivity contribution is 0.611. The van der Waals surface area contributed by atoms with Crippen molar-refractivity contribution in [2.45, 2.75) is 37.8 Å². The zero-order valence-electron chi connectivity index (χ0n) is 18.2. The Hall–Kier alpha value is -1.79. The second-order valence-corrected chi connectivity index (χ2v) is 10.0. The normalized spacial score (nSPS) is 19.8. The van der Waals surface area contributed by atoms with Crippen molar-refractivity contribution < 1.29 is 8.78 Å². The standard InChI is InChI=1S/C12H13FN2S.C9H10FN.C3H4ClNS/c13-10-3-1-2-9-8(10)4-5-11(9)15-12-14-6-7-16-12;10-8-3-1-2-7-6(8)4-5-9(7)11;4-1-2-6-3-5/h1-3,11H,4-7H2,(H,14,15);1-3,9H,4-5,11H2;1-2H2. The molecular weight excluding hydrogens is 482 g/mol. The van der Waals surface area contributed by atoms with Crippen molar-refractivity contribution in [2.24, 2.45) is 10.7 Å². The average Bonchev–Trinajstić information content (AvgIpc) is 3.56. The number of nitrogens with two attached hydrogens (primary N) is 1. The van der Waals surface area contributed by atoms with Crippen LogP contribution in [0, 0.1) is 22.3 Å². The van der Waals surface area contributed by atoms with Crippen LogP contribution in [-0.4, -0.2) is 29.1 Å². The highest BCUT2D eigenvalue weighted by molar-refractivity contribution is 8.14. The number of nitrogens with zero attached hydrogens (tertiary/aromatic N) is 2. The first-order valence-electron chi connectivity index (χ1n) is 10.9. The van der Waals surface area contributed by atoms with E-state index in [0.717, 1.165) is 71.2 Å². The van der Waals surface area contributed by atoms with Crippen molar-refractivity contribution >= 4 is 40.3 Å². The summed E-state index contributed by atoms with van der Waals surface area (Å²) < 4.78 is 26.5. The van der Waals surface area contributed by atoms with Crippen molar-refractivity contribution in [3.63, 3.8) is 0 Å². The van der Waals surface area contributed by atoms with Crippen LogP contribution in [-0.2, 0) is 12.8 Å². The van der Waals surface area contributed by atoms with E-state index in [1.807, 2.05) is 17.5 Å². The molecule has 2 aliphatic carbocycles. The van der Waals surface area contributed by atoms with Gasteiger partial charge in [-0.3, -0.25) is 4.99 Å². The summed E-state index contributed by atoms with van der Waals surface area (Å²) in [5, 5.41) is 14.2. The number of hydrogen-bond donors (Lipinski definition) is 2. The van der Waals surface area contributed by atoms with Gasteiger partial charge in [0.1, 0.15) is 17.0 Å². The second kappa shape index (κ2) is 13.2. The maximum atomic E-state index is 13.5. The van der Waals surface area contributed by atoms with Gasteiger partial charge in [-0.1, -0.05) is 36.0 Å². The molecule has 2 unspecified atom stereocenters. The second-order valence-electron chi connectivity index (χ2n) is 7.66. The van der Waals surface area contributed by atoms with Crippen LogP contribution in [0.2, 0.25) is 0 Å². The molecule has 0 bridgehead atoms. The molecule has 1 heterocycles. The summed E-state index contributed by atoms with van der Waals surface area (Å²) in [4.78, 5) is 4.37. The van der Waals surface area contributed by atoms with Gasteiger partial charge in [-0.25, -0.2) is 8.78 Å². The fraction of sp³-hybridized carbons (Fsp3) is 0.417. The number of amidine groups is 1. The van der Waals surface area contributed by atoms with Gasteiger partial charge in [0.25, 0.3) is 0 Å². The molecule has 0 amide bonds. The molecule has 5 rings (SSSR count). The maximum absolute atomic E-state index is 13.5. The molecular formula is C24H27ClF2N4S2. The lowest BCUT2D eigenvalue weighted by Crippen LogP contribution is -2.23. The number of thioether (sulfide) groups is 2. The molecule has 0 radical (unpaired) electrons. The van der Waals surface area contributed by atoms with Gasteiger partial charge in [0.05, 0.1) is 12.6 Å². The van der Waals surface area contributed by atoms with E-state index in [2.05, 4.69) is 10.3 Å². The summed E-state index contributed by atoms with van der Waals surface area (Å²) in [5.74, 6) is 2.19. The molecule has 176 valence electrons. The van der Waals surface area contributed by atoms with Gasteiger partial charge in [0.2, 0.25) is 0 Å². The minimum absolute atomic E-state index is 0.0562. The minimum atomic E-state index is -0.101. The van der Waals surface area contributed by atoms with E-state index in [1.54, 1.807) is 30.0 Å². The first-order chi connectivity index (χ1) is 16.0. The predicted molar refractivity (Wildman–Crippen MR) is 136 cm³/mol. The number of aliphatic imine (C=N–C) groups is 1. The summed E-state index contributed by atoms with van der Waals surface area (Å²) in [5.41, 5.74) is 9.54. The molecule has 0 fully saturated rings. The molecule has 0 saturated carbocycles. The lowest BCUT2D eigenvalue weighted by Gasteiger charge is -2.14. The zero-order chi connectivity index (χ0) is 23.6. The molecule has 0 saturated heterocycles. The first kappa shape index (κ1) is 25.8. The van der Waals surface area contributed by atoms with Crippen molar-refractivity contribution in [3.8, 4) is 5.40 Å². The summed E-state index contributed by atoms with van der Waals surface area (Å²) in [6.07, 6.45) is 3.48. The minimum Gasteiger partial charge on any atom is -0.358 e. The predicted octanol–water partition coefficient (Wildman–Crippen LogP) is 5.72. The lowest BCUT2D eigenvalue weighted by atomic mass is 10.1. The number of benzene rings is 2. The van der Waals surface area contributed by atoms with E-state index in [9.17, 15) is 8.78 Å². The number of fused-ring (bicyclic) bond motifs is 2. The number of nitrogens with one attached hydrogen (secondary N) is 1. The smallest absolute Gasteiger partial charge is 0.157 e. The number of alkyl halides is 1. The van der Waals surface area contributed by atoms with E-state index in [0.29, 0.717) is 5.88 Å². The van der Waals surface area contributed by atoms with E-state index >= 15 is 0 Å². The Labute approximate surface area is 207 Å². The van der Waals surface area contributed by atoms with Gasteiger partial charge in [-0.05, 0) is 71.8 Å². The molecule has 0 spiro atoms. The van der Waals surface area contributed by atoms with Gasteiger partial charge in [-0.15, -0.1) is 11.6 Å². The average molecular weight is 509 g/mol. The highest BCUT2D eigenvalue weighted by Gasteiger charge is 2.26. The third-order valence-electron chi connectivity index (χ3n) is 5.60. The summed E-state index contributed by atoms with van der Waals surface area (Å²) >= 11 is 8.14. The molecule has 2 atom stereocenters. The van der Waals surface area contributed by atoms with Gasteiger partial charge in [0, 0.05) is 23.4 Å². The van der Waals surface area contributed by atoms with Gasteiger partial charge < -0.3 is 11.1 Å². The third kappa shape index (κ3) is 7.10. The van der Waals surface area contributed by atoms with E-state index in [-0.39, 0.29) is 23.7 Å². The zero-order valence-corrected chi connectivity index (χ0v) is 20.6. The van der Waals surface area contributed by atoms with Gasteiger partial charge >= 0.3 is 0 Å². The Morgan fingerprint density at radius 3 is 2.36 bits per heavy atom. The van der Waals surface area contributed by atoms with Crippen LogP contribution in [0.25, 0.3) is 0 Å². The Kier molecular flexibility index (Phi) is 10.3. The van der Waals surface area contributed by atoms with Crippen LogP contribution >= 0.6 is 35.1 Å². The molecule has 3 N–H and O–H groups in total. The SMILES string of the molecule is Fc1cccc2c1CCC2NC1=NCCS1.N#CSCCCl.NC1CCc2c(F)cccc21. The summed E-state index contributed by atoms with van der Waals surface area (Å²) in [6, 6.07) is 10.8. The van der Waals surface area contributed by atoms with E-state index < -0.39 is 0 Å². The van der Waals surface area contributed by atoms with Gasteiger partial charge in [0.15, 0.2) is 5.17 Å². The fourth-order valence-corrected chi connectivity index (χ4v) is 5.24. The molecule has 3 aliphatic rings. The number of halogens is 3. The van der Waals surface area contributed by atoms with Crippen molar-refractivity contribution in [2.75, 3.05) is 23.9 Å². The third-order valence-corrected chi connectivity index (χ3v) is 7.46. The quantitative estimate of drug-likeness (QED) is 0.315. The Bertz CT molecular complexity index is 1010. The van der Waals surface area contributed by atoms with Gasteiger partial charge in [-0.2, -0.15) is 5.26 Å². The Morgan fingerprint density at radius 2 is 1.79 bits per heavy atom. The maximum Gasteiger partial charge on any atom is 0.157 e. The topological polar surface area (TPSA) is 74.2 Å². The number of nitriles is 1. The number of hydrogen-bond acceptors (Lipinski definition) is 6. The highest BCUT2D eigenvalue weighted by atomic mass is 35.5. The van der Waals surface area contributed by atoms with Crippen LogP contribution in [0.15, 0.2) is 41.4 Å². The molecule has 0 aromatic heterocycles. The van der Waals surface area contributed by atoms with Crippen LogP contribution in [0.1, 0.15) is 47.2 Å². The monoisotopic (exact) mass is 508 g/mol. The molecule has 4 nitrogen and oxygen atoms in total. The van der Waals surface area contributed by atoms with E-state index in [1.165, 1.54) is 17.8 Å². The van der Waals surface area contributed by atoms with Crippen LogP contribution in [0.5, 0.6) is 0 Å². The molecule has 1 aliphatic heterocycles. The number of rotatable bonds is 3. The Balaban J connectivity index is 0.000000157. The molecule has 9 heteroatoms. The van der Waals surface area contributed by atoms with Crippen molar-refractivity contribution in [3.05, 3.63) is 70.3 Å². The fourth-order valence-electron chi connectivity index (χ4n) is 4.06. The molecule has 33 heavy (non-hydrogen) atoms. The molecule has 2 aromatic rings. The summed E-state index contributed by atoms with van der Waals surface area (Å²) in [7, 11) is 0. The van der Waals surface area contributed by atoms with E-state index in [4.69, 9.17) is 22.6 Å². The van der Waals surface area contributed by atoms with Crippen molar-refractivity contribution in [1.82, 2.24) is 5.32 Å². The Morgan fingerprint density at radius 1 is 1.12 bits per heavy atom. The largest absolute Gasteiger partial charge is 0.358 e. The highest BCUT2D eigenvalue weighted by Crippen LogP contribution is 2.33. The van der Waals surface area contributed by atoms with Crippen LogP contribution in [0.4, 0.5) is 8.78 Å². The molecule has 2 aromatic carbocycles.